The average Bonchev–Trinajstić information content (AvgIpc) is 2.84. The molecule has 0 heterocycles. The number of primary amides is 1. The predicted octanol–water partition coefficient (Wildman–Crippen LogP) is 4.62. The van der Waals surface area contributed by atoms with E-state index in [9.17, 15) is 9.90 Å². The highest BCUT2D eigenvalue weighted by Crippen LogP contribution is 2.44. The van der Waals surface area contributed by atoms with Crippen molar-refractivity contribution in [2.24, 2.45) is 11.7 Å². The second-order valence-electron chi connectivity index (χ2n) is 8.25. The van der Waals surface area contributed by atoms with Crippen molar-refractivity contribution in [2.45, 2.75) is 37.1 Å². The SMILES string of the molecule is NC(=O)OC1CCC(OC(c2ccccc2)(c2ccccc2)c2ccccc2)CC1CO. The number of hydrogen-bond donors (Lipinski definition) is 2. The van der Waals surface area contributed by atoms with Gasteiger partial charge in [-0.2, -0.15) is 0 Å². The molecule has 5 nitrogen and oxygen atoms in total. The van der Waals surface area contributed by atoms with Gasteiger partial charge in [-0.25, -0.2) is 4.79 Å². The van der Waals surface area contributed by atoms with Crippen LogP contribution in [0.5, 0.6) is 0 Å². The summed E-state index contributed by atoms with van der Waals surface area (Å²) in [6, 6.07) is 30.7. The van der Waals surface area contributed by atoms with Crippen LogP contribution in [-0.2, 0) is 15.1 Å². The van der Waals surface area contributed by atoms with E-state index in [0.717, 1.165) is 16.7 Å². The van der Waals surface area contributed by atoms with Crippen LogP contribution in [0.15, 0.2) is 91.0 Å². The molecule has 5 heteroatoms. The third-order valence-corrected chi connectivity index (χ3v) is 6.25. The monoisotopic (exact) mass is 431 g/mol. The number of ether oxygens (including phenoxy) is 2. The zero-order chi connectivity index (χ0) is 22.4. The van der Waals surface area contributed by atoms with Gasteiger partial charge in [0.05, 0.1) is 6.10 Å². The number of rotatable bonds is 7. The van der Waals surface area contributed by atoms with Crippen molar-refractivity contribution in [3.05, 3.63) is 108 Å². The lowest BCUT2D eigenvalue weighted by Crippen LogP contribution is -2.43. The van der Waals surface area contributed by atoms with Crippen LogP contribution in [0.25, 0.3) is 0 Å². The Morgan fingerprint density at radius 2 is 1.31 bits per heavy atom. The van der Waals surface area contributed by atoms with Gasteiger partial charge in [0.25, 0.3) is 0 Å². The summed E-state index contributed by atoms with van der Waals surface area (Å²) in [5, 5.41) is 9.95. The molecule has 0 spiro atoms. The second-order valence-corrected chi connectivity index (χ2v) is 8.25. The minimum Gasteiger partial charge on any atom is -0.446 e. The van der Waals surface area contributed by atoms with Gasteiger partial charge in [0.2, 0.25) is 0 Å². The van der Waals surface area contributed by atoms with Crippen molar-refractivity contribution in [1.82, 2.24) is 0 Å². The number of carbonyl (C=O) groups excluding carboxylic acids is 1. The molecule has 1 amide bonds. The second kappa shape index (κ2) is 9.98. The third kappa shape index (κ3) is 4.54. The molecule has 3 atom stereocenters. The molecule has 166 valence electrons. The van der Waals surface area contributed by atoms with Crippen LogP contribution in [0.1, 0.15) is 36.0 Å². The molecule has 0 saturated heterocycles. The van der Waals surface area contributed by atoms with Gasteiger partial charge in [-0.1, -0.05) is 91.0 Å². The van der Waals surface area contributed by atoms with Crippen LogP contribution in [-0.4, -0.2) is 30.0 Å². The number of aliphatic hydroxyl groups excluding tert-OH is 1. The zero-order valence-electron chi connectivity index (χ0n) is 18.0. The Morgan fingerprint density at radius 1 is 0.844 bits per heavy atom. The lowest BCUT2D eigenvalue weighted by Gasteiger charge is -2.42. The molecule has 1 aliphatic carbocycles. The van der Waals surface area contributed by atoms with Crippen molar-refractivity contribution in [2.75, 3.05) is 6.61 Å². The Hall–Kier alpha value is -3.15. The van der Waals surface area contributed by atoms with E-state index >= 15 is 0 Å². The Bertz CT molecular complexity index is 897. The van der Waals surface area contributed by atoms with E-state index < -0.39 is 17.8 Å². The summed E-state index contributed by atoms with van der Waals surface area (Å²) in [5.41, 5.74) is 7.52. The first-order valence-electron chi connectivity index (χ1n) is 11.0. The fourth-order valence-electron chi connectivity index (χ4n) is 4.77. The third-order valence-electron chi connectivity index (χ3n) is 6.25. The lowest BCUT2D eigenvalue weighted by atomic mass is 9.78. The first-order chi connectivity index (χ1) is 15.6. The molecule has 1 saturated carbocycles. The highest BCUT2D eigenvalue weighted by molar-refractivity contribution is 5.64. The Morgan fingerprint density at radius 3 is 1.72 bits per heavy atom. The highest BCUT2D eigenvalue weighted by Gasteiger charge is 2.42. The molecular weight excluding hydrogens is 402 g/mol. The van der Waals surface area contributed by atoms with E-state index in [1.54, 1.807) is 0 Å². The molecule has 0 radical (unpaired) electrons. The standard InChI is InChI=1S/C27H29NO4/c28-26(30)31-25-17-16-24(18-20(25)19-29)32-27(21-10-4-1-5-11-21,22-12-6-2-7-13-22)23-14-8-3-9-15-23/h1-15,20,24-25,29H,16-19H2,(H2,28,30). The van der Waals surface area contributed by atoms with Crippen molar-refractivity contribution in [1.29, 1.82) is 0 Å². The highest BCUT2D eigenvalue weighted by atomic mass is 16.6. The number of nitrogens with two attached hydrogens (primary N) is 1. The van der Waals surface area contributed by atoms with E-state index in [-0.39, 0.29) is 18.6 Å². The maximum atomic E-state index is 11.3. The summed E-state index contributed by atoms with van der Waals surface area (Å²) < 4.78 is 12.3. The molecule has 0 aromatic heterocycles. The van der Waals surface area contributed by atoms with E-state index in [0.29, 0.717) is 19.3 Å². The Balaban J connectivity index is 1.76. The molecule has 3 aromatic rings. The van der Waals surface area contributed by atoms with E-state index in [1.165, 1.54) is 0 Å². The zero-order valence-corrected chi connectivity index (χ0v) is 18.0. The summed E-state index contributed by atoms with van der Waals surface area (Å²) in [7, 11) is 0. The Labute approximate surface area is 188 Å². The van der Waals surface area contributed by atoms with E-state index in [2.05, 4.69) is 36.4 Å². The fraction of sp³-hybridized carbons (Fsp3) is 0.296. The van der Waals surface area contributed by atoms with Gasteiger partial charge in [-0.3, -0.25) is 0 Å². The van der Waals surface area contributed by atoms with Crippen molar-refractivity contribution < 1.29 is 19.4 Å². The number of carbonyl (C=O) groups is 1. The normalized spacial score (nSPS) is 21.1. The van der Waals surface area contributed by atoms with E-state index in [4.69, 9.17) is 15.2 Å². The quantitative estimate of drug-likeness (QED) is 0.535. The predicted molar refractivity (Wildman–Crippen MR) is 123 cm³/mol. The summed E-state index contributed by atoms with van der Waals surface area (Å²) in [6.07, 6.45) is 0.524. The maximum Gasteiger partial charge on any atom is 0.404 e. The van der Waals surface area contributed by atoms with Crippen molar-refractivity contribution >= 4 is 6.09 Å². The smallest absolute Gasteiger partial charge is 0.404 e. The first-order valence-corrected chi connectivity index (χ1v) is 11.0. The van der Waals surface area contributed by atoms with Crippen molar-refractivity contribution in [3.63, 3.8) is 0 Å². The molecule has 4 rings (SSSR count). The molecule has 32 heavy (non-hydrogen) atoms. The number of amides is 1. The average molecular weight is 432 g/mol. The van der Waals surface area contributed by atoms with Crippen LogP contribution >= 0.6 is 0 Å². The lowest BCUT2D eigenvalue weighted by molar-refractivity contribution is -0.0993. The minimum atomic E-state index is -0.814. The molecule has 3 aromatic carbocycles. The summed E-state index contributed by atoms with van der Waals surface area (Å²) in [4.78, 5) is 11.3. The molecule has 0 aliphatic heterocycles. The first kappa shape index (κ1) is 22.1. The molecule has 3 unspecified atom stereocenters. The van der Waals surface area contributed by atoms with Crippen molar-refractivity contribution in [3.8, 4) is 0 Å². The maximum absolute atomic E-state index is 11.3. The van der Waals surface area contributed by atoms with Crippen LogP contribution in [0.4, 0.5) is 4.79 Å². The molecular formula is C27H29NO4. The number of hydrogen-bond acceptors (Lipinski definition) is 4. The summed E-state index contributed by atoms with van der Waals surface area (Å²) in [6.45, 7) is -0.0905. The van der Waals surface area contributed by atoms with Gasteiger partial charge in [0, 0.05) is 12.5 Å². The number of aliphatic hydroxyl groups is 1. The van der Waals surface area contributed by atoms with Gasteiger partial charge in [-0.15, -0.1) is 0 Å². The van der Waals surface area contributed by atoms with Crippen LogP contribution in [0.2, 0.25) is 0 Å². The largest absolute Gasteiger partial charge is 0.446 e. The molecule has 0 bridgehead atoms. The van der Waals surface area contributed by atoms with Gasteiger partial charge in [-0.05, 0) is 36.0 Å². The summed E-state index contributed by atoms with van der Waals surface area (Å²) >= 11 is 0. The summed E-state index contributed by atoms with van der Waals surface area (Å²) in [5.74, 6) is -0.221. The van der Waals surface area contributed by atoms with Crippen LogP contribution in [0, 0.1) is 5.92 Å². The van der Waals surface area contributed by atoms with Gasteiger partial charge in [0.1, 0.15) is 11.7 Å². The van der Waals surface area contributed by atoms with E-state index in [1.807, 2.05) is 54.6 Å². The Kier molecular flexibility index (Phi) is 6.88. The van der Waals surface area contributed by atoms with Crippen LogP contribution < -0.4 is 5.73 Å². The minimum absolute atomic E-state index is 0.0905. The molecule has 1 fully saturated rings. The van der Waals surface area contributed by atoms with Gasteiger partial charge in [0.15, 0.2) is 0 Å². The number of benzene rings is 3. The molecule has 1 aliphatic rings. The fourth-order valence-corrected chi connectivity index (χ4v) is 4.77. The van der Waals surface area contributed by atoms with Crippen LogP contribution in [0.3, 0.4) is 0 Å². The molecule has 3 N–H and O–H groups in total. The van der Waals surface area contributed by atoms with Gasteiger partial charge >= 0.3 is 6.09 Å². The topological polar surface area (TPSA) is 81.8 Å². The van der Waals surface area contributed by atoms with Gasteiger partial charge < -0.3 is 20.3 Å².